The van der Waals surface area contributed by atoms with E-state index in [-0.39, 0.29) is 71.2 Å². The molecule has 1 saturated heterocycles. The Hall–Kier alpha value is -4.69. The van der Waals surface area contributed by atoms with Crippen molar-refractivity contribution in [3.63, 3.8) is 0 Å². The largest absolute Gasteiger partial charge is 0.507 e. The summed E-state index contributed by atoms with van der Waals surface area (Å²) < 4.78 is 21.3. The van der Waals surface area contributed by atoms with E-state index in [0.717, 1.165) is 6.61 Å². The molecule has 1 fully saturated rings. The smallest absolute Gasteiger partial charge is 0.167 e. The Kier molecular flexibility index (Phi) is 12.1. The highest BCUT2D eigenvalue weighted by atomic mass is 16.5. The molecule has 1 aliphatic heterocycles. The van der Waals surface area contributed by atoms with Crippen LogP contribution in [0.3, 0.4) is 0 Å². The van der Waals surface area contributed by atoms with E-state index in [2.05, 4.69) is 21.9 Å². The molecule has 4 aromatic rings. The maximum Gasteiger partial charge on any atom is 0.167 e. The third-order valence-corrected chi connectivity index (χ3v) is 6.67. The third kappa shape index (κ3) is 10.1. The lowest BCUT2D eigenvalue weighted by molar-refractivity contribution is -0.0375. The number of rotatable bonds is 12. The molecule has 13 nitrogen and oxygen atoms in total. The number of hydrogen-bond donors (Lipinski definition) is 6. The van der Waals surface area contributed by atoms with Gasteiger partial charge in [0, 0.05) is 24.8 Å². The van der Waals surface area contributed by atoms with Gasteiger partial charge < -0.3 is 49.6 Å². The van der Waals surface area contributed by atoms with Crippen molar-refractivity contribution in [2.24, 2.45) is 0 Å². The van der Waals surface area contributed by atoms with E-state index in [0.29, 0.717) is 23.4 Å². The number of phenols is 3. The second kappa shape index (κ2) is 16.2. The zero-order valence-electron chi connectivity index (χ0n) is 26.7. The Morgan fingerprint density at radius 1 is 0.617 bits per heavy atom. The van der Waals surface area contributed by atoms with Gasteiger partial charge in [0.15, 0.2) is 17.5 Å². The Balaban J connectivity index is 0.000000912. The van der Waals surface area contributed by atoms with Gasteiger partial charge in [0.2, 0.25) is 0 Å². The van der Waals surface area contributed by atoms with Crippen molar-refractivity contribution >= 4 is 0 Å². The minimum atomic E-state index is -0.700. The molecular formula is C34H41N3O10. The molecule has 0 aliphatic carbocycles. The number of aromatic hydroxyl groups is 3. The van der Waals surface area contributed by atoms with Gasteiger partial charge in [0.25, 0.3) is 0 Å². The molecule has 6 N–H and O–H groups in total. The fourth-order valence-corrected chi connectivity index (χ4v) is 4.11. The van der Waals surface area contributed by atoms with Gasteiger partial charge in [-0.15, -0.1) is 0 Å². The van der Waals surface area contributed by atoms with Gasteiger partial charge in [-0.3, -0.25) is 0 Å². The molecule has 0 bridgehead atoms. The molecule has 1 aromatic heterocycles. The van der Waals surface area contributed by atoms with Crippen LogP contribution in [-0.4, -0.2) is 96.4 Å². The normalized spacial score (nSPS) is 15.8. The maximum atomic E-state index is 10.8. The van der Waals surface area contributed by atoms with Crippen LogP contribution >= 0.6 is 0 Å². The second-order valence-corrected chi connectivity index (χ2v) is 11.3. The first-order valence-electron chi connectivity index (χ1n) is 15.2. The van der Waals surface area contributed by atoms with Gasteiger partial charge in [0.1, 0.15) is 54.3 Å². The number of hydrogen-bond acceptors (Lipinski definition) is 13. The number of benzene rings is 3. The van der Waals surface area contributed by atoms with E-state index >= 15 is 0 Å². The van der Waals surface area contributed by atoms with Crippen molar-refractivity contribution in [1.29, 1.82) is 0 Å². The molecule has 2 heterocycles. The fourth-order valence-electron chi connectivity index (χ4n) is 4.11. The predicted octanol–water partition coefficient (Wildman–Crippen LogP) is 4.06. The van der Waals surface area contributed by atoms with Crippen LogP contribution in [0.15, 0.2) is 54.6 Å². The van der Waals surface area contributed by atoms with E-state index < -0.39 is 18.3 Å². The van der Waals surface area contributed by atoms with E-state index in [1.165, 1.54) is 42.8 Å². The molecule has 4 unspecified atom stereocenters. The number of aliphatic hydroxyl groups is 3. The Morgan fingerprint density at radius 3 is 1.09 bits per heavy atom. The molecule has 3 aromatic carbocycles. The first-order chi connectivity index (χ1) is 22.4. The first-order valence-corrected chi connectivity index (χ1v) is 15.2. The Morgan fingerprint density at radius 2 is 0.894 bits per heavy atom. The molecule has 0 radical (unpaired) electrons. The minimum Gasteiger partial charge on any atom is -0.507 e. The van der Waals surface area contributed by atoms with Gasteiger partial charge >= 0.3 is 0 Å². The molecule has 0 amide bonds. The zero-order chi connectivity index (χ0) is 34.1. The number of aromatic nitrogens is 3. The quantitative estimate of drug-likeness (QED) is 0.128. The maximum absolute atomic E-state index is 10.8. The summed E-state index contributed by atoms with van der Waals surface area (Å²) >= 11 is 0. The highest BCUT2D eigenvalue weighted by Gasteiger charge is 2.20. The summed E-state index contributed by atoms with van der Waals surface area (Å²) in [7, 11) is 0. The molecule has 47 heavy (non-hydrogen) atoms. The topological polar surface area (TPSA) is 197 Å². The molecule has 13 heteroatoms. The van der Waals surface area contributed by atoms with Crippen LogP contribution in [0.25, 0.3) is 34.2 Å². The Labute approximate surface area is 272 Å². The second-order valence-electron chi connectivity index (χ2n) is 11.3. The van der Waals surface area contributed by atoms with Crippen LogP contribution in [-0.2, 0) is 4.74 Å². The summed E-state index contributed by atoms with van der Waals surface area (Å²) in [5.74, 6) is 0.453. The first kappa shape index (κ1) is 35.2. The third-order valence-electron chi connectivity index (χ3n) is 6.67. The van der Waals surface area contributed by atoms with Crippen molar-refractivity contribution in [2.75, 3.05) is 26.4 Å². The van der Waals surface area contributed by atoms with Crippen LogP contribution in [0.2, 0.25) is 0 Å². The van der Waals surface area contributed by atoms with Crippen molar-refractivity contribution in [3.05, 3.63) is 54.6 Å². The average Bonchev–Trinajstić information content (AvgIpc) is 3.01. The van der Waals surface area contributed by atoms with Gasteiger partial charge in [-0.05, 0) is 70.5 Å². The standard InChI is InChI=1S/C30H33N3O9.C4H8O/c1-16(34)13-40-19-4-7-22(25(37)10-19)28-31-29(23-8-5-20(11-26(23)38)41-14-17(2)35)33-30(32-28)24-9-6-21(12-27(24)39)42-15-18(3)36;1-4-2-3-5-4/h4-12,16-18,34-39H,13-15H2,1-3H3;4H,2-3H2,1H3. The molecule has 1 aliphatic rings. The van der Waals surface area contributed by atoms with Crippen molar-refractivity contribution in [2.45, 2.75) is 58.5 Å². The van der Waals surface area contributed by atoms with E-state index in [1.54, 1.807) is 39.0 Å². The lowest BCUT2D eigenvalue weighted by atomic mass is 10.1. The fraction of sp³-hybridized carbons (Fsp3) is 0.382. The van der Waals surface area contributed by atoms with Gasteiger partial charge in [-0.1, -0.05) is 0 Å². The Bertz CT molecular complexity index is 1430. The lowest BCUT2D eigenvalue weighted by Gasteiger charge is -2.20. The van der Waals surface area contributed by atoms with Crippen LogP contribution in [0.1, 0.15) is 34.1 Å². The summed E-state index contributed by atoms with van der Waals surface area (Å²) in [6.07, 6.45) is -0.273. The van der Waals surface area contributed by atoms with Crippen molar-refractivity contribution in [1.82, 2.24) is 15.0 Å². The number of nitrogens with zero attached hydrogens (tertiary/aromatic N) is 3. The molecule has 5 rings (SSSR count). The van der Waals surface area contributed by atoms with E-state index in [1.807, 2.05) is 0 Å². The average molecular weight is 652 g/mol. The summed E-state index contributed by atoms with van der Waals surface area (Å²) in [6, 6.07) is 13.4. The molecule has 252 valence electrons. The SMILES string of the molecule is CC(O)COc1ccc(-c2nc(-c3ccc(OCC(C)O)cc3O)nc(-c3ccc(OCC(C)O)cc3O)n2)c(O)c1.CC1CCO1. The highest BCUT2D eigenvalue weighted by molar-refractivity contribution is 5.74. The molecule has 4 atom stereocenters. The molecule has 0 saturated carbocycles. The zero-order valence-corrected chi connectivity index (χ0v) is 26.7. The van der Waals surface area contributed by atoms with Crippen LogP contribution in [0.4, 0.5) is 0 Å². The number of phenolic OH excluding ortho intramolecular Hbond substituents is 3. The highest BCUT2D eigenvalue weighted by Crippen LogP contribution is 2.37. The van der Waals surface area contributed by atoms with Crippen molar-refractivity contribution < 1.29 is 49.6 Å². The monoisotopic (exact) mass is 651 g/mol. The van der Waals surface area contributed by atoms with E-state index in [4.69, 9.17) is 18.9 Å². The summed E-state index contributed by atoms with van der Waals surface area (Å²) in [4.78, 5) is 13.5. The van der Waals surface area contributed by atoms with Gasteiger partial charge in [-0.25, -0.2) is 15.0 Å². The number of ether oxygens (including phenoxy) is 4. The van der Waals surface area contributed by atoms with Gasteiger partial charge in [0.05, 0.1) is 41.1 Å². The summed E-state index contributed by atoms with van der Waals surface area (Å²) in [6.45, 7) is 7.89. The molecule has 0 spiro atoms. The van der Waals surface area contributed by atoms with Crippen LogP contribution in [0.5, 0.6) is 34.5 Å². The van der Waals surface area contributed by atoms with Gasteiger partial charge in [-0.2, -0.15) is 0 Å². The van der Waals surface area contributed by atoms with E-state index in [9.17, 15) is 30.6 Å². The lowest BCUT2D eigenvalue weighted by Crippen LogP contribution is -2.22. The van der Waals surface area contributed by atoms with Crippen LogP contribution in [0, 0.1) is 0 Å². The van der Waals surface area contributed by atoms with Crippen LogP contribution < -0.4 is 14.2 Å². The summed E-state index contributed by atoms with van der Waals surface area (Å²) in [5.41, 5.74) is 0.658. The minimum absolute atomic E-state index is 0.0330. The molecular weight excluding hydrogens is 610 g/mol. The summed E-state index contributed by atoms with van der Waals surface area (Å²) in [5, 5.41) is 60.9. The predicted molar refractivity (Wildman–Crippen MR) is 173 cm³/mol. The van der Waals surface area contributed by atoms with Crippen molar-refractivity contribution in [3.8, 4) is 68.7 Å². The number of aliphatic hydroxyl groups excluding tert-OH is 3.